The minimum atomic E-state index is 0.832. The highest BCUT2D eigenvalue weighted by Gasteiger charge is 2.15. The van der Waals surface area contributed by atoms with Crippen molar-refractivity contribution in [1.82, 2.24) is 5.32 Å². The summed E-state index contributed by atoms with van der Waals surface area (Å²) in [5, 5.41) is 7.00. The number of fused-ring (bicyclic) bond motifs is 1. The summed E-state index contributed by atoms with van der Waals surface area (Å²) >= 11 is 1.97. The molecule has 0 aromatic heterocycles. The molecule has 0 saturated carbocycles. The molecule has 0 radical (unpaired) electrons. The summed E-state index contributed by atoms with van der Waals surface area (Å²) in [7, 11) is 0. The number of hydrogen-bond donors (Lipinski definition) is 2. The van der Waals surface area contributed by atoms with Gasteiger partial charge in [0.25, 0.3) is 0 Å². The molecule has 1 atom stereocenters. The highest BCUT2D eigenvalue weighted by atomic mass is 32.2. The summed E-state index contributed by atoms with van der Waals surface area (Å²) < 4.78 is 0. The van der Waals surface area contributed by atoms with Gasteiger partial charge in [-0.15, -0.1) is 11.8 Å². The number of hydrogen-bond acceptors (Lipinski definition) is 3. The third-order valence-electron chi connectivity index (χ3n) is 3.64. The molecule has 2 N–H and O–H groups in total. The lowest BCUT2D eigenvalue weighted by Crippen LogP contribution is -2.30. The molecule has 0 amide bonds. The number of thioether (sulfide) groups is 1. The van der Waals surface area contributed by atoms with Crippen molar-refractivity contribution in [2.45, 2.75) is 24.2 Å². The van der Waals surface area contributed by atoms with Crippen LogP contribution in [0.3, 0.4) is 0 Å². The Balaban J connectivity index is 1.70. The number of rotatable bonds is 2. The smallest absolute Gasteiger partial charge is 0.0481 e. The molecule has 3 heteroatoms. The summed E-state index contributed by atoms with van der Waals surface area (Å²) in [6.07, 6.45) is 3.95. The van der Waals surface area contributed by atoms with Crippen LogP contribution in [0.4, 0.5) is 5.69 Å². The first-order valence-electron chi connectivity index (χ1n) is 6.62. The maximum Gasteiger partial charge on any atom is 0.0481 e. The van der Waals surface area contributed by atoms with E-state index < -0.39 is 0 Å². The number of nitrogens with one attached hydrogen (secondary N) is 2. The van der Waals surface area contributed by atoms with Crippen LogP contribution in [0.5, 0.6) is 0 Å². The third-order valence-corrected chi connectivity index (χ3v) is 4.72. The van der Waals surface area contributed by atoms with Gasteiger partial charge in [0, 0.05) is 22.9 Å². The van der Waals surface area contributed by atoms with Gasteiger partial charge < -0.3 is 10.6 Å². The van der Waals surface area contributed by atoms with E-state index in [1.165, 1.54) is 54.3 Å². The Morgan fingerprint density at radius 1 is 1.29 bits per heavy atom. The molecule has 1 saturated heterocycles. The lowest BCUT2D eigenvalue weighted by atomic mass is 9.92. The fraction of sp³-hybridized carbons (Fsp3) is 0.571. The number of piperidine rings is 1. The van der Waals surface area contributed by atoms with E-state index in [-0.39, 0.29) is 0 Å². The Hall–Kier alpha value is -0.670. The average Bonchev–Trinajstić information content (AvgIpc) is 2.40. The zero-order valence-corrected chi connectivity index (χ0v) is 11.0. The summed E-state index contributed by atoms with van der Waals surface area (Å²) in [6.45, 7) is 3.50. The van der Waals surface area contributed by atoms with Crippen LogP contribution in [0.15, 0.2) is 23.1 Å². The molecule has 1 fully saturated rings. The molecule has 3 rings (SSSR count). The van der Waals surface area contributed by atoms with Crippen molar-refractivity contribution in [1.29, 1.82) is 0 Å². The van der Waals surface area contributed by atoms with Crippen molar-refractivity contribution < 1.29 is 0 Å². The Bertz CT molecular complexity index is 386. The highest BCUT2D eigenvalue weighted by Crippen LogP contribution is 2.32. The van der Waals surface area contributed by atoms with E-state index >= 15 is 0 Å². The molecule has 1 unspecified atom stereocenters. The third kappa shape index (κ3) is 2.78. The monoisotopic (exact) mass is 248 g/mol. The molecule has 1 aromatic rings. The van der Waals surface area contributed by atoms with Gasteiger partial charge in [0.05, 0.1) is 0 Å². The second kappa shape index (κ2) is 5.32. The zero-order valence-electron chi connectivity index (χ0n) is 10.2. The first-order valence-corrected chi connectivity index (χ1v) is 7.61. The molecular formula is C14H20N2S. The van der Waals surface area contributed by atoms with Crippen molar-refractivity contribution in [2.24, 2.45) is 5.92 Å². The summed E-state index contributed by atoms with van der Waals surface area (Å²) in [6, 6.07) is 6.96. The van der Waals surface area contributed by atoms with Crippen LogP contribution in [-0.4, -0.2) is 25.4 Å². The fourth-order valence-corrected chi connectivity index (χ4v) is 3.62. The topological polar surface area (TPSA) is 24.1 Å². The van der Waals surface area contributed by atoms with Gasteiger partial charge in [-0.1, -0.05) is 6.07 Å². The number of anilines is 1. The van der Waals surface area contributed by atoms with E-state index in [9.17, 15) is 0 Å². The van der Waals surface area contributed by atoms with Crippen LogP contribution in [-0.2, 0) is 6.42 Å². The molecule has 17 heavy (non-hydrogen) atoms. The van der Waals surface area contributed by atoms with E-state index in [2.05, 4.69) is 28.8 Å². The van der Waals surface area contributed by atoms with Gasteiger partial charge in [-0.3, -0.25) is 0 Å². The molecule has 2 aliphatic rings. The second-order valence-corrected chi connectivity index (χ2v) is 6.16. The normalized spacial score (nSPS) is 23.9. The van der Waals surface area contributed by atoms with Crippen molar-refractivity contribution >= 4 is 17.4 Å². The van der Waals surface area contributed by atoms with Gasteiger partial charge in [0.15, 0.2) is 0 Å². The summed E-state index contributed by atoms with van der Waals surface area (Å²) in [5.41, 5.74) is 2.84. The van der Waals surface area contributed by atoms with Gasteiger partial charge in [-0.25, -0.2) is 0 Å². The average molecular weight is 248 g/mol. The Morgan fingerprint density at radius 3 is 3.18 bits per heavy atom. The van der Waals surface area contributed by atoms with Crippen molar-refractivity contribution in [3.05, 3.63) is 23.8 Å². The summed E-state index contributed by atoms with van der Waals surface area (Å²) in [5.74, 6) is 2.02. The SMILES string of the molecule is c1cc2c(cc1CC1CCCNC1)NCCS2. The predicted molar refractivity (Wildman–Crippen MR) is 75.0 cm³/mol. The molecule has 0 aliphatic carbocycles. The Morgan fingerprint density at radius 2 is 2.29 bits per heavy atom. The second-order valence-electron chi connectivity index (χ2n) is 5.02. The molecule has 92 valence electrons. The maximum atomic E-state index is 3.50. The van der Waals surface area contributed by atoms with Gasteiger partial charge in [0.1, 0.15) is 0 Å². The Kier molecular flexibility index (Phi) is 3.57. The predicted octanol–water partition coefficient (Wildman–Crippen LogP) is 2.75. The molecule has 2 heterocycles. The lowest BCUT2D eigenvalue weighted by Gasteiger charge is -2.24. The van der Waals surface area contributed by atoms with Crippen molar-refractivity contribution in [3.63, 3.8) is 0 Å². The van der Waals surface area contributed by atoms with Crippen molar-refractivity contribution in [3.8, 4) is 0 Å². The molecule has 0 spiro atoms. The van der Waals surface area contributed by atoms with Crippen LogP contribution >= 0.6 is 11.8 Å². The first-order chi connectivity index (χ1) is 8.42. The van der Waals surface area contributed by atoms with Crippen LogP contribution in [0, 0.1) is 5.92 Å². The van der Waals surface area contributed by atoms with E-state index in [0.717, 1.165) is 12.5 Å². The lowest BCUT2D eigenvalue weighted by molar-refractivity contribution is 0.376. The number of benzene rings is 1. The van der Waals surface area contributed by atoms with Gasteiger partial charge in [0.2, 0.25) is 0 Å². The molecule has 2 nitrogen and oxygen atoms in total. The minimum absolute atomic E-state index is 0.832. The quantitative estimate of drug-likeness (QED) is 0.841. The molecule has 2 aliphatic heterocycles. The van der Waals surface area contributed by atoms with E-state index in [1.807, 2.05) is 11.8 Å². The van der Waals surface area contributed by atoms with Crippen LogP contribution < -0.4 is 10.6 Å². The highest BCUT2D eigenvalue weighted by molar-refractivity contribution is 7.99. The standard InChI is InChI=1S/C14H20N2S/c1-2-12(10-15-5-1)8-11-3-4-14-13(9-11)16-6-7-17-14/h3-4,9,12,15-16H,1-2,5-8,10H2. The van der Waals surface area contributed by atoms with Gasteiger partial charge in [-0.2, -0.15) is 0 Å². The van der Waals surface area contributed by atoms with E-state index in [4.69, 9.17) is 0 Å². The minimum Gasteiger partial charge on any atom is -0.383 e. The van der Waals surface area contributed by atoms with Gasteiger partial charge in [-0.05, 0) is 56.0 Å². The van der Waals surface area contributed by atoms with Crippen LogP contribution in [0.2, 0.25) is 0 Å². The Labute approximate surface area is 108 Å². The molecule has 0 bridgehead atoms. The van der Waals surface area contributed by atoms with Crippen LogP contribution in [0.1, 0.15) is 18.4 Å². The maximum absolute atomic E-state index is 3.50. The van der Waals surface area contributed by atoms with E-state index in [0.29, 0.717) is 0 Å². The molecular weight excluding hydrogens is 228 g/mol. The molecule has 1 aromatic carbocycles. The van der Waals surface area contributed by atoms with Gasteiger partial charge >= 0.3 is 0 Å². The first kappa shape index (κ1) is 11.4. The van der Waals surface area contributed by atoms with E-state index in [1.54, 1.807) is 0 Å². The van der Waals surface area contributed by atoms with Crippen LogP contribution in [0.25, 0.3) is 0 Å². The zero-order chi connectivity index (χ0) is 11.5. The summed E-state index contributed by atoms with van der Waals surface area (Å²) in [4.78, 5) is 1.42. The largest absolute Gasteiger partial charge is 0.383 e. The fourth-order valence-electron chi connectivity index (χ4n) is 2.75. The van der Waals surface area contributed by atoms with Crippen molar-refractivity contribution in [2.75, 3.05) is 30.7 Å².